The van der Waals surface area contributed by atoms with E-state index in [9.17, 15) is 5.11 Å². The van der Waals surface area contributed by atoms with Crippen LogP contribution in [0.1, 0.15) is 10.6 Å². The fourth-order valence-corrected chi connectivity index (χ4v) is 2.61. The molecule has 0 fully saturated rings. The van der Waals surface area contributed by atoms with Crippen LogP contribution >= 0.6 is 22.9 Å². The van der Waals surface area contributed by atoms with Crippen molar-refractivity contribution in [2.45, 2.75) is 19.0 Å². The highest BCUT2D eigenvalue weighted by molar-refractivity contribution is 7.15. The van der Waals surface area contributed by atoms with Gasteiger partial charge in [-0.15, -0.1) is 11.3 Å². The average Bonchev–Trinajstić information content (AvgIpc) is 2.81. The number of nitrogens with zero attached hydrogens (tertiary/aromatic N) is 1. The van der Waals surface area contributed by atoms with Crippen molar-refractivity contribution in [2.75, 3.05) is 6.61 Å². The largest absolute Gasteiger partial charge is 0.395 e. The highest BCUT2D eigenvalue weighted by atomic mass is 35.5. The van der Waals surface area contributed by atoms with Gasteiger partial charge in [-0.25, -0.2) is 4.98 Å². The van der Waals surface area contributed by atoms with Crippen molar-refractivity contribution in [3.8, 4) is 0 Å². The number of thiazole rings is 1. The molecule has 5 heteroatoms. The number of rotatable bonds is 6. The van der Waals surface area contributed by atoms with E-state index in [0.717, 1.165) is 11.4 Å². The van der Waals surface area contributed by atoms with Crippen molar-refractivity contribution in [1.82, 2.24) is 10.3 Å². The van der Waals surface area contributed by atoms with E-state index in [1.54, 1.807) is 6.20 Å². The first-order valence-corrected chi connectivity index (χ1v) is 6.95. The standard InChI is InChI=1S/C13H15ClN2OS/c14-12-7-16-13(18-12)8-15-11(9-17)6-10-4-2-1-3-5-10/h1-5,7,11,15,17H,6,8-9H2. The van der Waals surface area contributed by atoms with Crippen LogP contribution in [-0.2, 0) is 13.0 Å². The molecule has 0 aliphatic heterocycles. The molecule has 1 atom stereocenters. The molecule has 2 rings (SSSR count). The maximum absolute atomic E-state index is 9.36. The second-order valence-electron chi connectivity index (χ2n) is 4.01. The molecule has 0 amide bonds. The Labute approximate surface area is 115 Å². The lowest BCUT2D eigenvalue weighted by Gasteiger charge is -2.15. The van der Waals surface area contributed by atoms with Crippen LogP contribution in [0.15, 0.2) is 36.5 Å². The Balaban J connectivity index is 1.86. The molecular weight excluding hydrogens is 268 g/mol. The van der Waals surface area contributed by atoms with E-state index in [0.29, 0.717) is 10.9 Å². The summed E-state index contributed by atoms with van der Waals surface area (Å²) >= 11 is 7.27. The number of hydrogen-bond acceptors (Lipinski definition) is 4. The predicted octanol–water partition coefficient (Wildman–Crippen LogP) is 2.49. The van der Waals surface area contributed by atoms with Gasteiger partial charge in [-0.2, -0.15) is 0 Å². The molecule has 0 aliphatic rings. The van der Waals surface area contributed by atoms with Crippen LogP contribution in [0.3, 0.4) is 0 Å². The smallest absolute Gasteiger partial charge is 0.113 e. The molecule has 96 valence electrons. The van der Waals surface area contributed by atoms with Crippen LogP contribution in [0.5, 0.6) is 0 Å². The van der Waals surface area contributed by atoms with Crippen molar-refractivity contribution >= 4 is 22.9 Å². The van der Waals surface area contributed by atoms with Gasteiger partial charge in [-0.3, -0.25) is 0 Å². The number of benzene rings is 1. The Morgan fingerprint density at radius 1 is 1.33 bits per heavy atom. The maximum atomic E-state index is 9.36. The van der Waals surface area contributed by atoms with E-state index in [-0.39, 0.29) is 12.6 Å². The zero-order valence-electron chi connectivity index (χ0n) is 9.84. The van der Waals surface area contributed by atoms with Gasteiger partial charge < -0.3 is 10.4 Å². The van der Waals surface area contributed by atoms with Crippen LogP contribution in [0.25, 0.3) is 0 Å². The Bertz CT molecular complexity index is 475. The minimum Gasteiger partial charge on any atom is -0.395 e. The third-order valence-corrected chi connectivity index (χ3v) is 3.73. The number of hydrogen-bond donors (Lipinski definition) is 2. The number of nitrogens with one attached hydrogen (secondary N) is 1. The van der Waals surface area contributed by atoms with Gasteiger partial charge >= 0.3 is 0 Å². The van der Waals surface area contributed by atoms with Gasteiger partial charge in [-0.1, -0.05) is 41.9 Å². The monoisotopic (exact) mass is 282 g/mol. The Morgan fingerprint density at radius 2 is 2.11 bits per heavy atom. The van der Waals surface area contributed by atoms with Gasteiger partial charge in [0.15, 0.2) is 0 Å². The lowest BCUT2D eigenvalue weighted by atomic mass is 10.1. The molecule has 1 heterocycles. The van der Waals surface area contributed by atoms with Crippen LogP contribution in [0.2, 0.25) is 4.34 Å². The van der Waals surface area contributed by atoms with E-state index in [2.05, 4.69) is 22.4 Å². The second kappa shape index (κ2) is 6.85. The second-order valence-corrected chi connectivity index (χ2v) is 5.75. The molecule has 0 radical (unpaired) electrons. The minimum absolute atomic E-state index is 0.0371. The molecule has 0 saturated heterocycles. The molecule has 2 aromatic rings. The lowest BCUT2D eigenvalue weighted by molar-refractivity contribution is 0.241. The zero-order valence-corrected chi connectivity index (χ0v) is 11.4. The molecule has 2 N–H and O–H groups in total. The van der Waals surface area contributed by atoms with Crippen LogP contribution in [-0.4, -0.2) is 22.7 Å². The number of aromatic nitrogens is 1. The highest BCUT2D eigenvalue weighted by Crippen LogP contribution is 2.18. The van der Waals surface area contributed by atoms with Crippen molar-refractivity contribution in [2.24, 2.45) is 0 Å². The molecule has 0 bridgehead atoms. The normalized spacial score (nSPS) is 12.6. The Morgan fingerprint density at radius 3 is 2.72 bits per heavy atom. The van der Waals surface area contributed by atoms with Gasteiger partial charge in [0, 0.05) is 12.6 Å². The fourth-order valence-electron chi connectivity index (χ4n) is 1.70. The molecule has 1 aromatic heterocycles. The summed E-state index contributed by atoms with van der Waals surface area (Å²) in [7, 11) is 0. The fraction of sp³-hybridized carbons (Fsp3) is 0.308. The third-order valence-electron chi connectivity index (χ3n) is 2.61. The predicted molar refractivity (Wildman–Crippen MR) is 75.0 cm³/mol. The zero-order chi connectivity index (χ0) is 12.8. The quantitative estimate of drug-likeness (QED) is 0.856. The number of halogens is 1. The number of aliphatic hydroxyl groups is 1. The molecule has 1 unspecified atom stereocenters. The molecule has 0 aliphatic carbocycles. The van der Waals surface area contributed by atoms with Gasteiger partial charge in [0.1, 0.15) is 9.34 Å². The molecular formula is C13H15ClN2OS. The Hall–Kier alpha value is -0.940. The molecule has 1 aromatic carbocycles. The van der Waals surface area contributed by atoms with Gasteiger partial charge in [-0.05, 0) is 12.0 Å². The first-order valence-electron chi connectivity index (χ1n) is 5.76. The maximum Gasteiger partial charge on any atom is 0.113 e. The van der Waals surface area contributed by atoms with Crippen LogP contribution in [0.4, 0.5) is 0 Å². The van der Waals surface area contributed by atoms with Gasteiger partial charge in [0.25, 0.3) is 0 Å². The molecule has 3 nitrogen and oxygen atoms in total. The van der Waals surface area contributed by atoms with E-state index in [4.69, 9.17) is 11.6 Å². The number of aliphatic hydroxyl groups excluding tert-OH is 1. The Kier molecular flexibility index (Phi) is 5.13. The summed E-state index contributed by atoms with van der Waals surface area (Å²) in [5, 5.41) is 13.6. The SMILES string of the molecule is OCC(Cc1ccccc1)NCc1ncc(Cl)s1. The summed E-state index contributed by atoms with van der Waals surface area (Å²) in [6, 6.07) is 10.2. The summed E-state index contributed by atoms with van der Waals surface area (Å²) in [5.41, 5.74) is 1.21. The van der Waals surface area contributed by atoms with Gasteiger partial charge in [0.05, 0.1) is 12.8 Å². The van der Waals surface area contributed by atoms with Crippen LogP contribution < -0.4 is 5.32 Å². The topological polar surface area (TPSA) is 45.1 Å². The minimum atomic E-state index is 0.0371. The van der Waals surface area contributed by atoms with E-state index in [1.165, 1.54) is 16.9 Å². The van der Waals surface area contributed by atoms with Crippen molar-refractivity contribution in [3.63, 3.8) is 0 Å². The summed E-state index contributed by atoms with van der Waals surface area (Å²) in [6.07, 6.45) is 2.45. The van der Waals surface area contributed by atoms with Crippen LogP contribution in [0, 0.1) is 0 Å². The van der Waals surface area contributed by atoms with E-state index < -0.39 is 0 Å². The summed E-state index contributed by atoms with van der Waals surface area (Å²) in [6.45, 7) is 0.740. The van der Waals surface area contributed by atoms with Crippen molar-refractivity contribution in [3.05, 3.63) is 51.4 Å². The first-order chi connectivity index (χ1) is 8.78. The van der Waals surface area contributed by atoms with Gasteiger partial charge in [0.2, 0.25) is 0 Å². The summed E-state index contributed by atoms with van der Waals surface area (Å²) in [5.74, 6) is 0. The molecule has 0 spiro atoms. The highest BCUT2D eigenvalue weighted by Gasteiger charge is 2.09. The van der Waals surface area contributed by atoms with E-state index >= 15 is 0 Å². The summed E-state index contributed by atoms with van der Waals surface area (Å²) < 4.78 is 0.690. The van der Waals surface area contributed by atoms with E-state index in [1.807, 2.05) is 18.2 Å². The molecule has 18 heavy (non-hydrogen) atoms. The average molecular weight is 283 g/mol. The third kappa shape index (κ3) is 4.07. The first kappa shape index (κ1) is 13.5. The van der Waals surface area contributed by atoms with Crippen molar-refractivity contribution < 1.29 is 5.11 Å². The summed E-state index contributed by atoms with van der Waals surface area (Å²) in [4.78, 5) is 4.17. The lowest BCUT2D eigenvalue weighted by Crippen LogP contribution is -2.33. The van der Waals surface area contributed by atoms with Crippen molar-refractivity contribution in [1.29, 1.82) is 0 Å². The molecule has 0 saturated carbocycles.